The van der Waals surface area contributed by atoms with Crippen LogP contribution in [0.25, 0.3) is 0 Å². The third kappa shape index (κ3) is 3.00. The summed E-state index contributed by atoms with van der Waals surface area (Å²) in [7, 11) is 0.923. The van der Waals surface area contributed by atoms with Crippen LogP contribution < -0.4 is 4.74 Å². The Morgan fingerprint density at radius 1 is 1.30 bits per heavy atom. The average molecular weight is 295 g/mol. The smallest absolute Gasteiger partial charge is 0.424 e. The number of nitrogens with zero attached hydrogens (tertiary/aromatic N) is 1. The summed E-state index contributed by atoms with van der Waals surface area (Å²) >= 11 is 0. The molecule has 0 aromatic carbocycles. The molecule has 0 radical (unpaired) electrons. The molecular formula is C12H13F4NO3. The fourth-order valence-corrected chi connectivity index (χ4v) is 1.70. The highest BCUT2D eigenvalue weighted by Gasteiger charge is 2.42. The van der Waals surface area contributed by atoms with Crippen LogP contribution >= 0.6 is 0 Å². The highest BCUT2D eigenvalue weighted by Crippen LogP contribution is 2.40. The zero-order valence-electron chi connectivity index (χ0n) is 11.1. The predicted molar refractivity (Wildman–Crippen MR) is 61.1 cm³/mol. The summed E-state index contributed by atoms with van der Waals surface area (Å²) in [6.45, 7) is 2.98. The first-order valence-electron chi connectivity index (χ1n) is 5.78. The van der Waals surface area contributed by atoms with E-state index in [1.165, 1.54) is 13.8 Å². The molecule has 8 heteroatoms. The van der Waals surface area contributed by atoms with E-state index < -0.39 is 35.0 Å². The van der Waals surface area contributed by atoms with Gasteiger partial charge in [0.2, 0.25) is 5.95 Å². The van der Waals surface area contributed by atoms with E-state index in [1.807, 2.05) is 0 Å². The average Bonchev–Trinajstić information content (AvgIpc) is 2.35. The van der Waals surface area contributed by atoms with Gasteiger partial charge in [0.1, 0.15) is 5.56 Å². The lowest BCUT2D eigenvalue weighted by molar-refractivity contribution is -0.141. The Kier molecular flexibility index (Phi) is 4.91. The minimum absolute atomic E-state index is 0.0378. The molecule has 0 atom stereocenters. The van der Waals surface area contributed by atoms with Gasteiger partial charge in [0.25, 0.3) is 0 Å². The van der Waals surface area contributed by atoms with Gasteiger partial charge in [-0.3, -0.25) is 0 Å². The number of aryl methyl sites for hydroxylation is 1. The number of methoxy groups -OCH3 is 1. The van der Waals surface area contributed by atoms with E-state index in [0.717, 1.165) is 7.11 Å². The van der Waals surface area contributed by atoms with Crippen LogP contribution in [-0.4, -0.2) is 24.7 Å². The van der Waals surface area contributed by atoms with Crippen molar-refractivity contribution in [3.63, 3.8) is 0 Å². The van der Waals surface area contributed by atoms with Crippen molar-refractivity contribution in [1.29, 1.82) is 0 Å². The third-order valence-electron chi connectivity index (χ3n) is 2.48. The van der Waals surface area contributed by atoms with Crippen molar-refractivity contribution in [3.8, 4) is 5.75 Å². The molecule has 1 heterocycles. The number of carbonyl (C=O) groups excluding carboxylic acids is 1. The molecular weight excluding hydrogens is 282 g/mol. The summed E-state index contributed by atoms with van der Waals surface area (Å²) in [6, 6.07) is 0. The van der Waals surface area contributed by atoms with Crippen molar-refractivity contribution < 1.29 is 31.8 Å². The van der Waals surface area contributed by atoms with E-state index in [4.69, 9.17) is 0 Å². The Hall–Kier alpha value is -1.86. The number of esters is 1. The first-order valence-corrected chi connectivity index (χ1v) is 5.78. The molecule has 1 rings (SSSR count). The number of halogens is 4. The van der Waals surface area contributed by atoms with Gasteiger partial charge in [0.05, 0.1) is 19.4 Å². The Morgan fingerprint density at radius 3 is 2.30 bits per heavy atom. The number of carbonyl (C=O) groups is 1. The maximum atomic E-state index is 13.5. The van der Waals surface area contributed by atoms with Crippen LogP contribution in [0.3, 0.4) is 0 Å². The highest BCUT2D eigenvalue weighted by atomic mass is 19.4. The zero-order valence-corrected chi connectivity index (χ0v) is 11.1. The van der Waals surface area contributed by atoms with Crippen molar-refractivity contribution in [2.24, 2.45) is 0 Å². The second-order valence-corrected chi connectivity index (χ2v) is 3.70. The Morgan fingerprint density at radius 2 is 1.90 bits per heavy atom. The molecule has 0 spiro atoms. The van der Waals surface area contributed by atoms with Crippen LogP contribution in [-0.2, 0) is 17.3 Å². The molecule has 0 amide bonds. The number of alkyl halides is 3. The lowest BCUT2D eigenvalue weighted by atomic mass is 10.1. The normalized spacial score (nSPS) is 11.3. The summed E-state index contributed by atoms with van der Waals surface area (Å²) in [4.78, 5) is 15.0. The van der Waals surface area contributed by atoms with Crippen LogP contribution in [0, 0.1) is 5.95 Å². The van der Waals surface area contributed by atoms with Crippen molar-refractivity contribution in [1.82, 2.24) is 4.98 Å². The molecule has 0 unspecified atom stereocenters. The van der Waals surface area contributed by atoms with Crippen LogP contribution in [0.5, 0.6) is 5.75 Å². The van der Waals surface area contributed by atoms with E-state index in [9.17, 15) is 22.4 Å². The number of ether oxygens (including phenoxy) is 2. The van der Waals surface area contributed by atoms with Gasteiger partial charge in [0.15, 0.2) is 11.3 Å². The SMILES string of the molecule is CCOC(=O)c1c(CC)nc(F)c(C(F)(F)F)c1OC. The van der Waals surface area contributed by atoms with Crippen LogP contribution in [0.4, 0.5) is 17.6 Å². The van der Waals surface area contributed by atoms with Crippen LogP contribution in [0.1, 0.15) is 35.5 Å². The number of pyridine rings is 1. The van der Waals surface area contributed by atoms with Crippen molar-refractivity contribution in [2.75, 3.05) is 13.7 Å². The molecule has 1 aromatic heterocycles. The first-order chi connectivity index (χ1) is 9.27. The molecule has 1 aromatic rings. The molecule has 112 valence electrons. The summed E-state index contributed by atoms with van der Waals surface area (Å²) in [6.07, 6.45) is -4.98. The van der Waals surface area contributed by atoms with Gasteiger partial charge in [-0.25, -0.2) is 9.78 Å². The summed E-state index contributed by atoms with van der Waals surface area (Å²) in [5.74, 6) is -3.65. The molecule has 4 nitrogen and oxygen atoms in total. The lowest BCUT2D eigenvalue weighted by Gasteiger charge is -2.17. The molecule has 0 aliphatic heterocycles. The minimum atomic E-state index is -5.03. The van der Waals surface area contributed by atoms with Crippen molar-refractivity contribution in [3.05, 3.63) is 22.8 Å². The van der Waals surface area contributed by atoms with Crippen molar-refractivity contribution >= 4 is 5.97 Å². The van der Waals surface area contributed by atoms with Gasteiger partial charge >= 0.3 is 12.1 Å². The van der Waals surface area contributed by atoms with E-state index in [1.54, 1.807) is 0 Å². The van der Waals surface area contributed by atoms with Gasteiger partial charge in [-0.2, -0.15) is 17.6 Å². The van der Waals surface area contributed by atoms with E-state index in [0.29, 0.717) is 0 Å². The second kappa shape index (κ2) is 6.06. The quantitative estimate of drug-likeness (QED) is 0.487. The third-order valence-corrected chi connectivity index (χ3v) is 2.48. The summed E-state index contributed by atoms with van der Waals surface area (Å²) in [5, 5.41) is 0. The first kappa shape index (κ1) is 16.2. The van der Waals surface area contributed by atoms with Crippen molar-refractivity contribution in [2.45, 2.75) is 26.4 Å². The molecule has 0 fully saturated rings. The van der Waals surface area contributed by atoms with Crippen LogP contribution in [0.2, 0.25) is 0 Å². The minimum Gasteiger partial charge on any atom is -0.495 e. The fraction of sp³-hybridized carbons (Fsp3) is 0.500. The molecule has 0 aliphatic carbocycles. The topological polar surface area (TPSA) is 48.4 Å². The Bertz CT molecular complexity index is 514. The highest BCUT2D eigenvalue weighted by molar-refractivity contribution is 5.94. The number of rotatable bonds is 4. The maximum absolute atomic E-state index is 13.5. The van der Waals surface area contributed by atoms with Gasteiger partial charge in [0, 0.05) is 0 Å². The van der Waals surface area contributed by atoms with E-state index in [2.05, 4.69) is 14.5 Å². The molecule has 0 N–H and O–H groups in total. The molecule has 0 saturated carbocycles. The molecule has 0 bridgehead atoms. The van der Waals surface area contributed by atoms with Crippen LogP contribution in [0.15, 0.2) is 0 Å². The molecule has 20 heavy (non-hydrogen) atoms. The van der Waals surface area contributed by atoms with E-state index in [-0.39, 0.29) is 18.7 Å². The summed E-state index contributed by atoms with van der Waals surface area (Å²) < 4.78 is 61.4. The fourth-order valence-electron chi connectivity index (χ4n) is 1.70. The lowest BCUT2D eigenvalue weighted by Crippen LogP contribution is -2.19. The van der Waals surface area contributed by atoms with E-state index >= 15 is 0 Å². The monoisotopic (exact) mass is 295 g/mol. The Balaban J connectivity index is 3.66. The largest absolute Gasteiger partial charge is 0.495 e. The molecule has 0 saturated heterocycles. The standard InChI is InChI=1S/C12H13F4NO3/c1-4-6-7(11(18)20-5-2)9(19-3)8(10(13)17-6)12(14,15)16/h4-5H2,1-3H3. The molecule has 0 aliphatic rings. The zero-order chi connectivity index (χ0) is 15.5. The number of aromatic nitrogens is 1. The number of hydrogen-bond acceptors (Lipinski definition) is 4. The summed E-state index contributed by atoms with van der Waals surface area (Å²) in [5.41, 5.74) is -2.35. The second-order valence-electron chi connectivity index (χ2n) is 3.70. The number of hydrogen-bond donors (Lipinski definition) is 0. The maximum Gasteiger partial charge on any atom is 0.424 e. The van der Waals surface area contributed by atoms with Gasteiger partial charge in [-0.15, -0.1) is 0 Å². The van der Waals surface area contributed by atoms with Gasteiger partial charge < -0.3 is 9.47 Å². The predicted octanol–water partition coefficient (Wildman–Crippen LogP) is 2.99. The van der Waals surface area contributed by atoms with Gasteiger partial charge in [-0.1, -0.05) is 6.92 Å². The Labute approximate surface area is 112 Å². The van der Waals surface area contributed by atoms with Gasteiger partial charge in [-0.05, 0) is 13.3 Å².